The minimum atomic E-state index is -0.00417. The topological polar surface area (TPSA) is 47.8 Å². The fourth-order valence-electron chi connectivity index (χ4n) is 0.476. The molecule has 0 saturated heterocycles. The van der Waals surface area contributed by atoms with Crippen LogP contribution in [0, 0.1) is 0 Å². The van der Waals surface area contributed by atoms with Crippen LogP contribution in [-0.4, -0.2) is 20.5 Å². The van der Waals surface area contributed by atoms with Crippen LogP contribution in [0.25, 0.3) is 6.20 Å². The molecule has 4 nitrogen and oxygen atoms in total. The van der Waals surface area contributed by atoms with Crippen LogP contribution < -0.4 is 0 Å². The molecule has 0 aliphatic heterocycles. The molecule has 4 heteroatoms. The van der Waals surface area contributed by atoms with Crippen LogP contribution >= 0.6 is 0 Å². The second kappa shape index (κ2) is 2.91. The Kier molecular flexibility index (Phi) is 1.94. The van der Waals surface area contributed by atoms with Gasteiger partial charge in [0.2, 0.25) is 0 Å². The lowest BCUT2D eigenvalue weighted by Gasteiger charge is -1.83. The first-order chi connectivity index (χ1) is 4.79. The summed E-state index contributed by atoms with van der Waals surface area (Å²) in [5.74, 6) is -0.00417. The lowest BCUT2D eigenvalue weighted by Crippen LogP contribution is -1.87. The largest absolute Gasteiger partial charge is 0.295 e. The fourth-order valence-corrected chi connectivity index (χ4v) is 0.476. The van der Waals surface area contributed by atoms with Crippen molar-refractivity contribution in [2.24, 2.45) is 0 Å². The maximum absolute atomic E-state index is 10.4. The van der Waals surface area contributed by atoms with E-state index < -0.39 is 0 Å². The molecule has 0 amide bonds. The summed E-state index contributed by atoms with van der Waals surface area (Å²) < 4.78 is 1.46. The van der Waals surface area contributed by atoms with Gasteiger partial charge in [0, 0.05) is 6.20 Å². The number of aromatic nitrogens is 3. The molecule has 1 rings (SSSR count). The molecule has 0 fully saturated rings. The summed E-state index contributed by atoms with van der Waals surface area (Å²) in [7, 11) is 0. The third-order valence-corrected chi connectivity index (χ3v) is 0.899. The second-order valence-corrected chi connectivity index (χ2v) is 1.80. The van der Waals surface area contributed by atoms with Crippen molar-refractivity contribution in [1.29, 1.82) is 0 Å². The number of carbonyl (C=O) groups excluding carboxylic acids is 1. The van der Waals surface area contributed by atoms with E-state index in [-0.39, 0.29) is 5.78 Å². The Morgan fingerprint density at radius 3 is 3.00 bits per heavy atom. The molecule has 0 spiro atoms. The molecular formula is C6H7N3O. The van der Waals surface area contributed by atoms with E-state index in [0.717, 1.165) is 0 Å². The molecule has 0 radical (unpaired) electrons. The van der Waals surface area contributed by atoms with Crippen molar-refractivity contribution >= 4 is 12.0 Å². The van der Waals surface area contributed by atoms with Crippen molar-refractivity contribution in [2.45, 2.75) is 6.92 Å². The van der Waals surface area contributed by atoms with E-state index in [0.29, 0.717) is 0 Å². The van der Waals surface area contributed by atoms with Crippen LogP contribution in [-0.2, 0) is 4.79 Å². The van der Waals surface area contributed by atoms with Gasteiger partial charge in [-0.25, -0.2) is 9.67 Å². The molecule has 10 heavy (non-hydrogen) atoms. The Morgan fingerprint density at radius 2 is 2.50 bits per heavy atom. The van der Waals surface area contributed by atoms with Crippen molar-refractivity contribution in [1.82, 2.24) is 14.8 Å². The van der Waals surface area contributed by atoms with Gasteiger partial charge in [-0.3, -0.25) is 4.79 Å². The molecule has 0 aromatic carbocycles. The van der Waals surface area contributed by atoms with Crippen LogP contribution in [0.5, 0.6) is 0 Å². The first kappa shape index (κ1) is 6.67. The quantitative estimate of drug-likeness (QED) is 0.552. The van der Waals surface area contributed by atoms with E-state index in [9.17, 15) is 4.79 Å². The summed E-state index contributed by atoms with van der Waals surface area (Å²) in [5, 5.41) is 3.75. The van der Waals surface area contributed by atoms with E-state index in [2.05, 4.69) is 10.1 Å². The Morgan fingerprint density at radius 1 is 1.70 bits per heavy atom. The highest BCUT2D eigenvalue weighted by Crippen LogP contribution is 1.81. The van der Waals surface area contributed by atoms with Crippen molar-refractivity contribution in [3.05, 3.63) is 18.7 Å². The van der Waals surface area contributed by atoms with Crippen LogP contribution in [0.4, 0.5) is 0 Å². The first-order valence-electron chi connectivity index (χ1n) is 2.82. The smallest absolute Gasteiger partial charge is 0.154 e. The Labute approximate surface area is 58.2 Å². The number of nitrogens with zero attached hydrogens (tertiary/aromatic N) is 3. The Hall–Kier alpha value is -1.45. The standard InChI is InChI=1S/C6H7N3O/c1-6(10)2-3-9-5-7-4-8-9/h2-5H,1H3/b3-2-. The van der Waals surface area contributed by atoms with E-state index in [1.54, 1.807) is 6.20 Å². The molecule has 0 aliphatic rings. The highest BCUT2D eigenvalue weighted by molar-refractivity contribution is 5.89. The molecule has 0 atom stereocenters. The van der Waals surface area contributed by atoms with Crippen molar-refractivity contribution in [3.63, 3.8) is 0 Å². The third kappa shape index (κ3) is 1.81. The summed E-state index contributed by atoms with van der Waals surface area (Å²) in [6, 6.07) is 0. The number of hydrogen-bond acceptors (Lipinski definition) is 3. The van der Waals surface area contributed by atoms with Crippen LogP contribution in [0.1, 0.15) is 6.92 Å². The molecule has 52 valence electrons. The maximum Gasteiger partial charge on any atom is 0.154 e. The average molecular weight is 137 g/mol. The predicted molar refractivity (Wildman–Crippen MR) is 36.0 cm³/mol. The zero-order valence-corrected chi connectivity index (χ0v) is 5.56. The van der Waals surface area contributed by atoms with Gasteiger partial charge in [-0.05, 0) is 13.0 Å². The van der Waals surface area contributed by atoms with E-state index in [1.807, 2.05) is 0 Å². The summed E-state index contributed by atoms with van der Waals surface area (Å²) in [6.45, 7) is 1.48. The van der Waals surface area contributed by atoms with Gasteiger partial charge in [0.25, 0.3) is 0 Å². The Balaban J connectivity index is 2.64. The molecule has 1 heterocycles. The monoisotopic (exact) mass is 137 g/mol. The second-order valence-electron chi connectivity index (χ2n) is 1.80. The average Bonchev–Trinajstić information content (AvgIpc) is 2.34. The molecule has 0 saturated carbocycles. The normalized spacial score (nSPS) is 10.5. The minimum Gasteiger partial charge on any atom is -0.295 e. The van der Waals surface area contributed by atoms with Gasteiger partial charge in [-0.1, -0.05) is 0 Å². The van der Waals surface area contributed by atoms with Crippen molar-refractivity contribution in [3.8, 4) is 0 Å². The van der Waals surface area contributed by atoms with Crippen LogP contribution in [0.3, 0.4) is 0 Å². The number of rotatable bonds is 2. The van der Waals surface area contributed by atoms with E-state index in [1.165, 1.54) is 30.3 Å². The zero-order chi connectivity index (χ0) is 7.40. The van der Waals surface area contributed by atoms with E-state index in [4.69, 9.17) is 0 Å². The molecule has 0 unspecified atom stereocenters. The van der Waals surface area contributed by atoms with Gasteiger partial charge in [0.05, 0.1) is 0 Å². The van der Waals surface area contributed by atoms with Gasteiger partial charge in [0.15, 0.2) is 5.78 Å². The van der Waals surface area contributed by atoms with Gasteiger partial charge < -0.3 is 0 Å². The van der Waals surface area contributed by atoms with Crippen LogP contribution in [0.2, 0.25) is 0 Å². The summed E-state index contributed by atoms with van der Waals surface area (Å²) in [5.41, 5.74) is 0. The Bertz CT molecular complexity index is 238. The van der Waals surface area contributed by atoms with Crippen LogP contribution in [0.15, 0.2) is 18.7 Å². The number of hydrogen-bond donors (Lipinski definition) is 0. The predicted octanol–water partition coefficient (Wildman–Crippen LogP) is 0.338. The number of allylic oxidation sites excluding steroid dienone is 1. The highest BCUT2D eigenvalue weighted by Gasteiger charge is 1.83. The molecular weight excluding hydrogens is 130 g/mol. The summed E-state index contributed by atoms with van der Waals surface area (Å²) >= 11 is 0. The fraction of sp³-hybridized carbons (Fsp3) is 0.167. The summed E-state index contributed by atoms with van der Waals surface area (Å²) in [6.07, 6.45) is 5.90. The molecule has 0 aliphatic carbocycles. The van der Waals surface area contributed by atoms with Gasteiger partial charge in [-0.15, -0.1) is 0 Å². The first-order valence-corrected chi connectivity index (χ1v) is 2.82. The zero-order valence-electron chi connectivity index (χ0n) is 5.56. The molecule has 0 bridgehead atoms. The minimum absolute atomic E-state index is 0.00417. The van der Waals surface area contributed by atoms with Crippen molar-refractivity contribution in [2.75, 3.05) is 0 Å². The third-order valence-electron chi connectivity index (χ3n) is 0.899. The van der Waals surface area contributed by atoms with Gasteiger partial charge in [-0.2, -0.15) is 5.10 Å². The van der Waals surface area contributed by atoms with Gasteiger partial charge in [0.1, 0.15) is 12.7 Å². The molecule has 1 aromatic rings. The molecule has 0 N–H and O–H groups in total. The highest BCUT2D eigenvalue weighted by atomic mass is 16.1. The number of carbonyl (C=O) groups is 1. The number of ketones is 1. The van der Waals surface area contributed by atoms with Crippen molar-refractivity contribution < 1.29 is 4.79 Å². The maximum atomic E-state index is 10.4. The SMILES string of the molecule is CC(=O)/C=C\n1cncn1. The molecule has 1 aromatic heterocycles. The lowest BCUT2D eigenvalue weighted by atomic mass is 10.4. The van der Waals surface area contributed by atoms with Gasteiger partial charge >= 0.3 is 0 Å². The summed E-state index contributed by atoms with van der Waals surface area (Å²) in [4.78, 5) is 14.1. The lowest BCUT2D eigenvalue weighted by molar-refractivity contribution is -0.112. The van der Waals surface area contributed by atoms with E-state index >= 15 is 0 Å².